The molecule has 0 bridgehead atoms. The molecule has 95 valence electrons. The van der Waals surface area contributed by atoms with Crippen molar-refractivity contribution in [3.8, 4) is 0 Å². The normalized spacial score (nSPS) is 11.4. The summed E-state index contributed by atoms with van der Waals surface area (Å²) in [6.07, 6.45) is 20.9. The third kappa shape index (κ3) is 13.7. The van der Waals surface area contributed by atoms with Gasteiger partial charge in [0.25, 0.3) is 0 Å². The lowest BCUT2D eigenvalue weighted by Crippen LogP contribution is -1.80. The summed E-state index contributed by atoms with van der Waals surface area (Å²) in [5, 5.41) is 0. The predicted octanol–water partition coefficient (Wildman–Crippen LogP) is 6.08. The largest absolute Gasteiger partial charge is 0.0885 e. The topological polar surface area (TPSA) is 0 Å². The first-order valence-corrected chi connectivity index (χ1v) is 7.36. The Morgan fingerprint density at radius 1 is 0.688 bits per heavy atom. The van der Waals surface area contributed by atoms with Crippen molar-refractivity contribution < 1.29 is 0 Å². The molecule has 0 spiro atoms. The summed E-state index contributed by atoms with van der Waals surface area (Å²) in [6.45, 7) is 6.12. The van der Waals surface area contributed by atoms with Crippen molar-refractivity contribution in [2.45, 2.75) is 84.0 Å². The fourth-order valence-corrected chi connectivity index (χ4v) is 1.89. The zero-order chi connectivity index (χ0) is 11.9. The van der Waals surface area contributed by atoms with Gasteiger partial charge in [-0.25, -0.2) is 0 Å². The number of unbranched alkanes of at least 4 members (excludes halogenated alkanes) is 10. The van der Waals surface area contributed by atoms with Gasteiger partial charge >= 0.3 is 0 Å². The van der Waals surface area contributed by atoms with Crippen LogP contribution in [0.2, 0.25) is 0 Å². The minimum absolute atomic E-state index is 1.07. The molecule has 0 aliphatic carbocycles. The molecular weight excluding hydrogens is 192 g/mol. The van der Waals surface area contributed by atoms with Crippen LogP contribution in [-0.4, -0.2) is 0 Å². The first-order chi connectivity index (χ1) is 7.91. The fourth-order valence-electron chi connectivity index (χ4n) is 1.89. The van der Waals surface area contributed by atoms with Crippen molar-refractivity contribution in [3.63, 3.8) is 0 Å². The van der Waals surface area contributed by atoms with Crippen LogP contribution in [0.25, 0.3) is 0 Å². The summed E-state index contributed by atoms with van der Waals surface area (Å²) in [7, 11) is 0. The minimum Gasteiger partial charge on any atom is -0.0885 e. The lowest BCUT2D eigenvalue weighted by molar-refractivity contribution is 0.577. The maximum absolute atomic E-state index is 3.84. The van der Waals surface area contributed by atoms with E-state index in [0.29, 0.717) is 0 Å². The van der Waals surface area contributed by atoms with Crippen LogP contribution >= 0.6 is 0 Å². The van der Waals surface area contributed by atoms with E-state index in [1.54, 1.807) is 0 Å². The molecule has 16 heavy (non-hydrogen) atoms. The Morgan fingerprint density at radius 3 is 1.75 bits per heavy atom. The Balaban J connectivity index is 2.95. The Morgan fingerprint density at radius 2 is 1.19 bits per heavy atom. The van der Waals surface area contributed by atoms with Crippen LogP contribution in [0.15, 0.2) is 12.2 Å². The minimum atomic E-state index is 1.07. The van der Waals surface area contributed by atoms with E-state index in [0.717, 1.165) is 6.42 Å². The van der Waals surface area contributed by atoms with Crippen molar-refractivity contribution in [2.75, 3.05) is 0 Å². The summed E-state index contributed by atoms with van der Waals surface area (Å²) < 4.78 is 0. The van der Waals surface area contributed by atoms with Crippen LogP contribution in [0.5, 0.6) is 0 Å². The van der Waals surface area contributed by atoms with Gasteiger partial charge in [0.15, 0.2) is 0 Å². The van der Waals surface area contributed by atoms with Gasteiger partial charge in [-0.2, -0.15) is 0 Å². The third-order valence-electron chi connectivity index (χ3n) is 3.01. The van der Waals surface area contributed by atoms with Gasteiger partial charge < -0.3 is 0 Å². The van der Waals surface area contributed by atoms with Crippen molar-refractivity contribution in [2.24, 2.45) is 0 Å². The second-order valence-electron chi connectivity index (χ2n) is 4.73. The van der Waals surface area contributed by atoms with Crippen LogP contribution in [-0.2, 0) is 0 Å². The zero-order valence-electron chi connectivity index (χ0n) is 11.3. The van der Waals surface area contributed by atoms with Gasteiger partial charge in [-0.3, -0.25) is 0 Å². The molecule has 0 atom stereocenters. The van der Waals surface area contributed by atoms with Crippen molar-refractivity contribution in [1.29, 1.82) is 0 Å². The molecule has 0 nitrogen and oxygen atoms in total. The van der Waals surface area contributed by atoms with Crippen LogP contribution in [0.1, 0.15) is 84.0 Å². The molecule has 0 saturated carbocycles. The molecule has 1 radical (unpaired) electrons. The van der Waals surface area contributed by atoms with E-state index in [9.17, 15) is 0 Å². The summed E-state index contributed by atoms with van der Waals surface area (Å²) in [4.78, 5) is 0. The number of rotatable bonds is 12. The maximum Gasteiger partial charge on any atom is -0.0351 e. The molecular formula is C16H31. The molecule has 0 saturated heterocycles. The highest BCUT2D eigenvalue weighted by Crippen LogP contribution is 2.09. The summed E-state index contributed by atoms with van der Waals surface area (Å²) in [6, 6.07) is 0. The Labute approximate surface area is 104 Å². The lowest BCUT2D eigenvalue weighted by Gasteiger charge is -1.99. The molecule has 0 aromatic rings. The van der Waals surface area contributed by atoms with Crippen LogP contribution in [0.3, 0.4) is 0 Å². The molecule has 0 aliphatic rings. The van der Waals surface area contributed by atoms with Crippen molar-refractivity contribution >= 4 is 0 Å². The zero-order valence-corrected chi connectivity index (χ0v) is 11.3. The van der Waals surface area contributed by atoms with E-state index < -0.39 is 0 Å². The molecule has 0 heterocycles. The second-order valence-corrected chi connectivity index (χ2v) is 4.73. The average Bonchev–Trinajstić information content (AvgIpc) is 2.31. The molecule has 0 fully saturated rings. The standard InChI is InChI=1S/C16H31/c1-3-5-7-9-11-13-15-16-14-12-10-8-6-4-2/h9,11H,1,3-8,10,12-16H2,2H3/b11-9-. The van der Waals surface area contributed by atoms with Crippen molar-refractivity contribution in [3.05, 3.63) is 19.1 Å². The van der Waals surface area contributed by atoms with E-state index in [1.807, 2.05) is 0 Å². The SMILES string of the molecule is [CH2]CCC/C=C\CCCCCCCCCC. The first kappa shape index (κ1) is 15.7. The Kier molecular flexibility index (Phi) is 14.5. The summed E-state index contributed by atoms with van der Waals surface area (Å²) in [5.74, 6) is 0. The van der Waals surface area contributed by atoms with E-state index in [1.165, 1.54) is 70.6 Å². The monoisotopic (exact) mass is 223 g/mol. The third-order valence-corrected chi connectivity index (χ3v) is 3.01. The Hall–Kier alpha value is -0.260. The van der Waals surface area contributed by atoms with E-state index in [-0.39, 0.29) is 0 Å². The molecule has 0 rings (SSSR count). The van der Waals surface area contributed by atoms with Crippen LogP contribution in [0, 0.1) is 6.92 Å². The highest BCUT2D eigenvalue weighted by atomic mass is 14.0. The van der Waals surface area contributed by atoms with Crippen LogP contribution < -0.4 is 0 Å². The van der Waals surface area contributed by atoms with Crippen molar-refractivity contribution in [1.82, 2.24) is 0 Å². The Bertz CT molecular complexity index is 135. The molecule has 0 aliphatic heterocycles. The van der Waals surface area contributed by atoms with Crippen LogP contribution in [0.4, 0.5) is 0 Å². The highest BCUT2D eigenvalue weighted by molar-refractivity contribution is 4.81. The van der Waals surface area contributed by atoms with Gasteiger partial charge in [-0.05, 0) is 25.7 Å². The number of allylic oxidation sites excluding steroid dienone is 2. The number of hydrogen-bond acceptors (Lipinski definition) is 0. The quantitative estimate of drug-likeness (QED) is 0.278. The number of hydrogen-bond donors (Lipinski definition) is 0. The second kappa shape index (κ2) is 14.7. The van der Waals surface area contributed by atoms with Gasteiger partial charge in [0.1, 0.15) is 0 Å². The lowest BCUT2D eigenvalue weighted by atomic mass is 10.1. The van der Waals surface area contributed by atoms with Gasteiger partial charge in [0, 0.05) is 0 Å². The average molecular weight is 223 g/mol. The van der Waals surface area contributed by atoms with E-state index in [2.05, 4.69) is 26.0 Å². The first-order valence-electron chi connectivity index (χ1n) is 7.36. The summed E-state index contributed by atoms with van der Waals surface area (Å²) >= 11 is 0. The van der Waals surface area contributed by atoms with Gasteiger partial charge in [0.05, 0.1) is 0 Å². The summed E-state index contributed by atoms with van der Waals surface area (Å²) in [5.41, 5.74) is 0. The van der Waals surface area contributed by atoms with E-state index >= 15 is 0 Å². The fraction of sp³-hybridized carbons (Fsp3) is 0.812. The van der Waals surface area contributed by atoms with Gasteiger partial charge in [-0.1, -0.05) is 77.4 Å². The molecule has 0 unspecified atom stereocenters. The highest BCUT2D eigenvalue weighted by Gasteiger charge is 1.90. The smallest absolute Gasteiger partial charge is 0.0351 e. The predicted molar refractivity (Wildman–Crippen MR) is 75.6 cm³/mol. The van der Waals surface area contributed by atoms with Gasteiger partial charge in [0.2, 0.25) is 0 Å². The van der Waals surface area contributed by atoms with E-state index in [4.69, 9.17) is 0 Å². The van der Waals surface area contributed by atoms with Gasteiger partial charge in [-0.15, -0.1) is 0 Å². The molecule has 0 heteroatoms. The molecule has 0 N–H and O–H groups in total. The molecule has 0 amide bonds. The molecule has 0 aromatic carbocycles. The molecule has 0 aromatic heterocycles. The maximum atomic E-state index is 3.84.